The van der Waals surface area contributed by atoms with E-state index < -0.39 is 0 Å². The van der Waals surface area contributed by atoms with Gasteiger partial charge in [-0.05, 0) is 27.9 Å². The van der Waals surface area contributed by atoms with Crippen molar-refractivity contribution < 1.29 is 9.53 Å². The first kappa shape index (κ1) is 14.7. The Morgan fingerprint density at radius 2 is 2.15 bits per heavy atom. The number of anilines is 1. The lowest BCUT2D eigenvalue weighted by molar-refractivity contribution is -0.116. The second-order valence-electron chi connectivity index (χ2n) is 4.29. The van der Waals surface area contributed by atoms with Gasteiger partial charge in [-0.1, -0.05) is 30.3 Å². The number of hydrogen-bond acceptors (Lipinski definition) is 3. The first-order valence-electron chi connectivity index (χ1n) is 6.36. The number of halogens is 1. The molecule has 0 aliphatic rings. The molecule has 2 N–H and O–H groups in total. The zero-order valence-electron chi connectivity index (χ0n) is 10.9. The van der Waals surface area contributed by atoms with Crippen molar-refractivity contribution in [1.29, 1.82) is 0 Å². The van der Waals surface area contributed by atoms with Crippen molar-refractivity contribution >= 4 is 27.5 Å². The number of aromatic nitrogens is 2. The van der Waals surface area contributed by atoms with Crippen LogP contribution in [0.1, 0.15) is 18.4 Å². The Balaban J connectivity index is 1.59. The summed E-state index contributed by atoms with van der Waals surface area (Å²) in [5.74, 6) is -0.0459. The highest BCUT2D eigenvalue weighted by molar-refractivity contribution is 9.10. The van der Waals surface area contributed by atoms with Gasteiger partial charge in [0.1, 0.15) is 4.60 Å². The number of H-pyrrole nitrogens is 1. The normalized spacial score (nSPS) is 10.4. The molecule has 20 heavy (non-hydrogen) atoms. The summed E-state index contributed by atoms with van der Waals surface area (Å²) in [6, 6.07) is 9.97. The van der Waals surface area contributed by atoms with Crippen LogP contribution in [0.2, 0.25) is 0 Å². The SMILES string of the molecule is O=C(CCCOCc1ccccc1)Nc1cn[nH]c1Br. The maximum Gasteiger partial charge on any atom is 0.224 e. The van der Waals surface area contributed by atoms with Crippen LogP contribution in [0.5, 0.6) is 0 Å². The van der Waals surface area contributed by atoms with E-state index in [2.05, 4.69) is 31.4 Å². The molecular weight excluding hydrogens is 322 g/mol. The summed E-state index contributed by atoms with van der Waals surface area (Å²) in [6.07, 6.45) is 2.68. The molecule has 0 radical (unpaired) electrons. The van der Waals surface area contributed by atoms with Crippen LogP contribution in [0.25, 0.3) is 0 Å². The molecule has 2 rings (SSSR count). The average molecular weight is 338 g/mol. The van der Waals surface area contributed by atoms with Gasteiger partial charge in [-0.2, -0.15) is 5.10 Å². The number of carbonyl (C=O) groups is 1. The second-order valence-corrected chi connectivity index (χ2v) is 5.08. The fraction of sp³-hybridized carbons (Fsp3) is 0.286. The van der Waals surface area contributed by atoms with Gasteiger partial charge in [0.25, 0.3) is 0 Å². The van der Waals surface area contributed by atoms with Crippen molar-refractivity contribution in [2.24, 2.45) is 0 Å². The molecule has 0 bridgehead atoms. The third kappa shape index (κ3) is 4.79. The summed E-state index contributed by atoms with van der Waals surface area (Å²) in [4.78, 5) is 11.7. The molecule has 6 heteroatoms. The smallest absolute Gasteiger partial charge is 0.224 e. The zero-order valence-corrected chi connectivity index (χ0v) is 12.5. The Morgan fingerprint density at radius 3 is 2.85 bits per heavy atom. The zero-order chi connectivity index (χ0) is 14.2. The van der Waals surface area contributed by atoms with Crippen LogP contribution in [0, 0.1) is 0 Å². The predicted molar refractivity (Wildman–Crippen MR) is 80.2 cm³/mol. The standard InChI is InChI=1S/C14H16BrN3O2/c15-14-12(9-16-18-14)17-13(19)7-4-8-20-10-11-5-2-1-3-6-11/h1-3,5-6,9H,4,7-8,10H2,(H,16,18)(H,17,19). The van der Waals surface area contributed by atoms with E-state index in [0.29, 0.717) is 36.3 Å². The van der Waals surface area contributed by atoms with Crippen LogP contribution >= 0.6 is 15.9 Å². The summed E-state index contributed by atoms with van der Waals surface area (Å²) in [5, 5.41) is 9.27. The Bertz CT molecular complexity index is 542. The van der Waals surface area contributed by atoms with E-state index in [4.69, 9.17) is 4.74 Å². The van der Waals surface area contributed by atoms with Crippen molar-refractivity contribution in [2.45, 2.75) is 19.4 Å². The van der Waals surface area contributed by atoms with E-state index in [-0.39, 0.29) is 5.91 Å². The molecule has 0 aliphatic carbocycles. The lowest BCUT2D eigenvalue weighted by atomic mass is 10.2. The van der Waals surface area contributed by atoms with Crippen molar-refractivity contribution in [3.8, 4) is 0 Å². The fourth-order valence-electron chi connectivity index (χ4n) is 1.67. The number of benzene rings is 1. The highest BCUT2D eigenvalue weighted by atomic mass is 79.9. The number of carbonyl (C=O) groups excluding carboxylic acids is 1. The third-order valence-electron chi connectivity index (χ3n) is 2.67. The van der Waals surface area contributed by atoms with Crippen LogP contribution < -0.4 is 5.32 Å². The van der Waals surface area contributed by atoms with Gasteiger partial charge in [0.2, 0.25) is 5.91 Å². The highest BCUT2D eigenvalue weighted by Gasteiger charge is 2.06. The Morgan fingerprint density at radius 1 is 1.35 bits per heavy atom. The number of rotatable bonds is 7. The molecule has 0 aliphatic heterocycles. The summed E-state index contributed by atoms with van der Waals surface area (Å²) >= 11 is 3.26. The van der Waals surface area contributed by atoms with E-state index in [9.17, 15) is 4.79 Å². The quantitative estimate of drug-likeness (QED) is 0.763. The number of hydrogen-bond donors (Lipinski definition) is 2. The first-order valence-corrected chi connectivity index (χ1v) is 7.15. The van der Waals surface area contributed by atoms with Gasteiger partial charge in [0.15, 0.2) is 0 Å². The van der Waals surface area contributed by atoms with Crippen LogP contribution in [0.15, 0.2) is 41.1 Å². The van der Waals surface area contributed by atoms with Gasteiger partial charge in [-0.3, -0.25) is 9.89 Å². The number of amides is 1. The maximum absolute atomic E-state index is 11.7. The molecule has 0 atom stereocenters. The minimum absolute atomic E-state index is 0.0459. The minimum Gasteiger partial charge on any atom is -0.377 e. The summed E-state index contributed by atoms with van der Waals surface area (Å²) in [7, 11) is 0. The minimum atomic E-state index is -0.0459. The van der Waals surface area contributed by atoms with Gasteiger partial charge in [-0.25, -0.2) is 0 Å². The highest BCUT2D eigenvalue weighted by Crippen LogP contribution is 2.18. The lowest BCUT2D eigenvalue weighted by Crippen LogP contribution is -2.12. The predicted octanol–water partition coefficient (Wildman–Crippen LogP) is 3.11. The number of aromatic amines is 1. The molecule has 1 heterocycles. The fourth-order valence-corrected chi connectivity index (χ4v) is 1.97. The van der Waals surface area contributed by atoms with Crippen molar-refractivity contribution in [1.82, 2.24) is 10.2 Å². The Labute approximate surface area is 125 Å². The van der Waals surface area contributed by atoms with Gasteiger partial charge < -0.3 is 10.1 Å². The molecule has 1 aromatic heterocycles. The molecule has 0 saturated heterocycles. The number of nitrogens with zero attached hydrogens (tertiary/aromatic N) is 1. The monoisotopic (exact) mass is 337 g/mol. The Hall–Kier alpha value is -1.66. The van der Waals surface area contributed by atoms with Crippen LogP contribution in [0.4, 0.5) is 5.69 Å². The lowest BCUT2D eigenvalue weighted by Gasteiger charge is -2.05. The third-order valence-corrected chi connectivity index (χ3v) is 3.28. The van der Waals surface area contributed by atoms with Gasteiger partial charge in [-0.15, -0.1) is 0 Å². The molecular formula is C14H16BrN3O2. The molecule has 0 fully saturated rings. The van der Waals surface area contributed by atoms with E-state index in [1.54, 1.807) is 6.20 Å². The summed E-state index contributed by atoms with van der Waals surface area (Å²) < 4.78 is 6.19. The molecule has 1 amide bonds. The molecule has 1 aromatic carbocycles. The molecule has 0 unspecified atom stereocenters. The molecule has 0 saturated carbocycles. The van der Waals surface area contributed by atoms with Crippen molar-refractivity contribution in [2.75, 3.05) is 11.9 Å². The van der Waals surface area contributed by atoms with E-state index >= 15 is 0 Å². The first-order chi connectivity index (χ1) is 9.75. The Kier molecular flexibility index (Phi) is 5.76. The molecule has 0 spiro atoms. The van der Waals surface area contributed by atoms with Gasteiger partial charge in [0.05, 0.1) is 18.5 Å². The largest absolute Gasteiger partial charge is 0.377 e. The van der Waals surface area contributed by atoms with Crippen molar-refractivity contribution in [3.05, 3.63) is 46.7 Å². The molecule has 2 aromatic rings. The van der Waals surface area contributed by atoms with Crippen LogP contribution in [0.3, 0.4) is 0 Å². The topological polar surface area (TPSA) is 67.0 Å². The van der Waals surface area contributed by atoms with Crippen molar-refractivity contribution in [3.63, 3.8) is 0 Å². The number of nitrogens with one attached hydrogen (secondary N) is 2. The van der Waals surface area contributed by atoms with Crippen LogP contribution in [-0.4, -0.2) is 22.7 Å². The van der Waals surface area contributed by atoms with E-state index in [0.717, 1.165) is 5.56 Å². The van der Waals surface area contributed by atoms with Gasteiger partial charge in [0, 0.05) is 13.0 Å². The van der Waals surface area contributed by atoms with Gasteiger partial charge >= 0.3 is 0 Å². The summed E-state index contributed by atoms with van der Waals surface area (Å²) in [6.45, 7) is 1.14. The average Bonchev–Trinajstić information content (AvgIpc) is 2.85. The van der Waals surface area contributed by atoms with E-state index in [1.165, 1.54) is 0 Å². The van der Waals surface area contributed by atoms with Crippen LogP contribution in [-0.2, 0) is 16.1 Å². The van der Waals surface area contributed by atoms with E-state index in [1.807, 2.05) is 30.3 Å². The maximum atomic E-state index is 11.7. The second kappa shape index (κ2) is 7.81. The summed E-state index contributed by atoms with van der Waals surface area (Å²) in [5.41, 5.74) is 1.79. The number of ether oxygens (including phenoxy) is 1. The molecule has 106 valence electrons. The molecule has 5 nitrogen and oxygen atoms in total.